The van der Waals surface area contributed by atoms with E-state index in [0.717, 1.165) is 16.5 Å². The second-order valence-corrected chi connectivity index (χ2v) is 4.60. The molecule has 1 unspecified atom stereocenters. The molecule has 0 saturated heterocycles. The maximum atomic E-state index is 6.21. The molecular weight excluding hydrogens is 254 g/mol. The smallest absolute Gasteiger partial charge is 0.216 e. The number of methoxy groups -OCH3 is 1. The average Bonchev–Trinajstić information content (AvgIpc) is 2.92. The van der Waals surface area contributed by atoms with Crippen molar-refractivity contribution >= 4 is 11.0 Å². The van der Waals surface area contributed by atoms with E-state index in [0.29, 0.717) is 17.3 Å². The molecule has 0 bridgehead atoms. The Balaban J connectivity index is 2.03. The van der Waals surface area contributed by atoms with Gasteiger partial charge in [-0.25, -0.2) is 9.97 Å². The monoisotopic (exact) mass is 269 g/mol. The molecule has 5 heteroatoms. The second-order valence-electron chi connectivity index (χ2n) is 4.60. The summed E-state index contributed by atoms with van der Waals surface area (Å²) in [6.45, 7) is 2.01. The van der Waals surface area contributed by atoms with Gasteiger partial charge in [0, 0.05) is 11.5 Å². The first-order valence-electron chi connectivity index (χ1n) is 6.29. The SMILES string of the molecule is COc1cc(C(N)c2cc3cccc(C)c3o2)ncn1. The molecule has 20 heavy (non-hydrogen) atoms. The van der Waals surface area contributed by atoms with Crippen molar-refractivity contribution in [2.24, 2.45) is 5.73 Å². The lowest BCUT2D eigenvalue weighted by atomic mass is 10.1. The molecular formula is C15H15N3O2. The van der Waals surface area contributed by atoms with E-state index < -0.39 is 6.04 Å². The van der Waals surface area contributed by atoms with Crippen LogP contribution in [0.4, 0.5) is 0 Å². The highest BCUT2D eigenvalue weighted by atomic mass is 16.5. The van der Waals surface area contributed by atoms with Gasteiger partial charge >= 0.3 is 0 Å². The largest absolute Gasteiger partial charge is 0.481 e. The van der Waals surface area contributed by atoms with Crippen LogP contribution in [0.15, 0.2) is 41.1 Å². The third kappa shape index (κ3) is 2.12. The number of nitrogens with two attached hydrogens (primary N) is 1. The molecule has 5 nitrogen and oxygen atoms in total. The van der Waals surface area contributed by atoms with Gasteiger partial charge in [0.25, 0.3) is 0 Å². The van der Waals surface area contributed by atoms with Gasteiger partial charge in [-0.1, -0.05) is 18.2 Å². The van der Waals surface area contributed by atoms with E-state index in [2.05, 4.69) is 9.97 Å². The summed E-state index contributed by atoms with van der Waals surface area (Å²) in [5, 5.41) is 1.04. The minimum absolute atomic E-state index is 0.446. The van der Waals surface area contributed by atoms with Crippen molar-refractivity contribution in [3.05, 3.63) is 53.7 Å². The Morgan fingerprint density at radius 2 is 2.10 bits per heavy atom. The van der Waals surface area contributed by atoms with Crippen molar-refractivity contribution < 1.29 is 9.15 Å². The first-order chi connectivity index (χ1) is 9.69. The molecule has 0 spiro atoms. The van der Waals surface area contributed by atoms with E-state index in [4.69, 9.17) is 14.9 Å². The molecule has 0 fully saturated rings. The van der Waals surface area contributed by atoms with E-state index >= 15 is 0 Å². The number of ether oxygens (including phenoxy) is 1. The van der Waals surface area contributed by atoms with Crippen molar-refractivity contribution in [2.45, 2.75) is 13.0 Å². The number of rotatable bonds is 3. The molecule has 102 valence electrons. The van der Waals surface area contributed by atoms with Gasteiger partial charge in [-0.05, 0) is 18.6 Å². The first-order valence-corrected chi connectivity index (χ1v) is 6.29. The fourth-order valence-electron chi connectivity index (χ4n) is 2.16. The highest BCUT2D eigenvalue weighted by Gasteiger charge is 2.17. The van der Waals surface area contributed by atoms with Crippen molar-refractivity contribution in [1.82, 2.24) is 9.97 Å². The van der Waals surface area contributed by atoms with Crippen LogP contribution in [0.1, 0.15) is 23.1 Å². The number of hydrogen-bond acceptors (Lipinski definition) is 5. The number of hydrogen-bond donors (Lipinski definition) is 1. The topological polar surface area (TPSA) is 74.2 Å². The molecule has 0 aliphatic carbocycles. The van der Waals surface area contributed by atoms with E-state index in [-0.39, 0.29) is 0 Å². The normalized spacial score (nSPS) is 12.6. The summed E-state index contributed by atoms with van der Waals surface area (Å²) in [5.41, 5.74) is 8.82. The molecule has 1 aromatic carbocycles. The Hall–Kier alpha value is -2.40. The summed E-state index contributed by atoms with van der Waals surface area (Å²) in [5.74, 6) is 1.16. The Morgan fingerprint density at radius 3 is 2.85 bits per heavy atom. The van der Waals surface area contributed by atoms with Crippen LogP contribution in [0.3, 0.4) is 0 Å². The van der Waals surface area contributed by atoms with Crippen molar-refractivity contribution in [1.29, 1.82) is 0 Å². The predicted molar refractivity (Wildman–Crippen MR) is 75.6 cm³/mol. The minimum Gasteiger partial charge on any atom is -0.481 e. The summed E-state index contributed by atoms with van der Waals surface area (Å²) in [6.07, 6.45) is 1.43. The van der Waals surface area contributed by atoms with Gasteiger partial charge in [-0.3, -0.25) is 0 Å². The summed E-state index contributed by atoms with van der Waals surface area (Å²) >= 11 is 0. The lowest BCUT2D eigenvalue weighted by Gasteiger charge is -2.08. The second kappa shape index (κ2) is 4.94. The van der Waals surface area contributed by atoms with E-state index in [1.807, 2.05) is 31.2 Å². The zero-order valence-corrected chi connectivity index (χ0v) is 11.3. The third-order valence-corrected chi connectivity index (χ3v) is 3.26. The van der Waals surface area contributed by atoms with Crippen molar-refractivity contribution in [3.63, 3.8) is 0 Å². The number of fused-ring (bicyclic) bond motifs is 1. The molecule has 3 rings (SSSR count). The van der Waals surface area contributed by atoms with Gasteiger partial charge in [0.15, 0.2) is 0 Å². The quantitative estimate of drug-likeness (QED) is 0.791. The molecule has 0 aliphatic heterocycles. The minimum atomic E-state index is -0.446. The molecule has 0 amide bonds. The van der Waals surface area contributed by atoms with Crippen molar-refractivity contribution in [2.75, 3.05) is 7.11 Å². The predicted octanol–water partition coefficient (Wildman–Crippen LogP) is 2.59. The van der Waals surface area contributed by atoms with Gasteiger partial charge < -0.3 is 14.9 Å². The Labute approximate surface area is 116 Å². The summed E-state index contributed by atoms with van der Waals surface area (Å²) in [6, 6.07) is 9.22. The van der Waals surface area contributed by atoms with E-state index in [1.54, 1.807) is 13.2 Å². The van der Waals surface area contributed by atoms with Crippen molar-refractivity contribution in [3.8, 4) is 5.88 Å². The van der Waals surface area contributed by atoms with Crippen LogP contribution in [-0.2, 0) is 0 Å². The molecule has 2 heterocycles. The summed E-state index contributed by atoms with van der Waals surface area (Å²) in [7, 11) is 1.56. The third-order valence-electron chi connectivity index (χ3n) is 3.26. The maximum Gasteiger partial charge on any atom is 0.216 e. The molecule has 0 aliphatic rings. The molecule has 0 saturated carbocycles. The molecule has 0 radical (unpaired) electrons. The van der Waals surface area contributed by atoms with Crippen LogP contribution in [0.25, 0.3) is 11.0 Å². The van der Waals surface area contributed by atoms with E-state index in [1.165, 1.54) is 6.33 Å². The number of nitrogens with zero attached hydrogens (tertiary/aromatic N) is 2. The fraction of sp³-hybridized carbons (Fsp3) is 0.200. The van der Waals surface area contributed by atoms with Crippen LogP contribution in [0.2, 0.25) is 0 Å². The van der Waals surface area contributed by atoms with Gasteiger partial charge in [-0.15, -0.1) is 0 Å². The van der Waals surface area contributed by atoms with E-state index in [9.17, 15) is 0 Å². The fourth-order valence-corrected chi connectivity index (χ4v) is 2.16. The molecule has 1 atom stereocenters. The van der Waals surface area contributed by atoms with Gasteiger partial charge in [0.1, 0.15) is 23.7 Å². The van der Waals surface area contributed by atoms with Crippen LogP contribution < -0.4 is 10.5 Å². The van der Waals surface area contributed by atoms with Gasteiger partial charge in [0.05, 0.1) is 12.8 Å². The van der Waals surface area contributed by atoms with Gasteiger partial charge in [0.2, 0.25) is 5.88 Å². The maximum absolute atomic E-state index is 6.21. The number of para-hydroxylation sites is 1. The lowest BCUT2D eigenvalue weighted by molar-refractivity contribution is 0.395. The zero-order valence-electron chi connectivity index (χ0n) is 11.3. The van der Waals surface area contributed by atoms with Crippen LogP contribution in [0.5, 0.6) is 5.88 Å². The highest BCUT2D eigenvalue weighted by Crippen LogP contribution is 2.28. The standard InChI is InChI=1S/C15H15N3O2/c1-9-4-3-5-10-6-12(20-15(9)10)14(16)11-7-13(19-2)18-8-17-11/h3-8,14H,16H2,1-2H3. The first kappa shape index (κ1) is 12.6. The average molecular weight is 269 g/mol. The lowest BCUT2D eigenvalue weighted by Crippen LogP contribution is -2.13. The molecule has 2 aromatic heterocycles. The Kier molecular flexibility index (Phi) is 3.12. The van der Waals surface area contributed by atoms with Gasteiger partial charge in [-0.2, -0.15) is 0 Å². The van der Waals surface area contributed by atoms with Crippen LogP contribution in [-0.4, -0.2) is 17.1 Å². The zero-order chi connectivity index (χ0) is 14.1. The summed E-state index contributed by atoms with van der Waals surface area (Å²) in [4.78, 5) is 8.15. The Bertz CT molecular complexity index is 752. The number of benzene rings is 1. The number of furan rings is 1. The highest BCUT2D eigenvalue weighted by molar-refractivity contribution is 5.81. The molecule has 3 aromatic rings. The number of aromatic nitrogens is 2. The molecule has 2 N–H and O–H groups in total. The summed E-state index contributed by atoms with van der Waals surface area (Å²) < 4.78 is 10.9. The Morgan fingerprint density at radius 1 is 1.25 bits per heavy atom. The van der Waals surface area contributed by atoms with Crippen LogP contribution in [0, 0.1) is 6.92 Å². The van der Waals surface area contributed by atoms with Crippen LogP contribution >= 0.6 is 0 Å². The number of aryl methyl sites for hydroxylation is 1.